The molecule has 5 heteroatoms. The molecule has 0 fully saturated rings. The van der Waals surface area contributed by atoms with Gasteiger partial charge in [-0.1, -0.05) is 23.4 Å². The molecular formula is C9H6ClNO3. The molecule has 0 saturated heterocycles. The van der Waals surface area contributed by atoms with E-state index in [0.717, 1.165) is 0 Å². The number of hydrogen-bond acceptors (Lipinski definition) is 3. The minimum Gasteiger partial charge on any atom is -0.478 e. The summed E-state index contributed by atoms with van der Waals surface area (Å²) in [6.07, 6.45) is 1.34. The van der Waals surface area contributed by atoms with Gasteiger partial charge < -0.3 is 10.2 Å². The standard InChI is InChI=1S/C9H6ClNO3/c10-8-7(9(13)14)4-6(5-11-8)2-1-3-12/h4-5,12H,3H2,(H,13,14). The van der Waals surface area contributed by atoms with Crippen LogP contribution in [0, 0.1) is 11.8 Å². The topological polar surface area (TPSA) is 70.4 Å². The molecule has 14 heavy (non-hydrogen) atoms. The number of halogens is 1. The molecule has 1 heterocycles. The second-order valence-electron chi connectivity index (χ2n) is 2.33. The Hall–Kier alpha value is -1.57. The fraction of sp³-hybridized carbons (Fsp3) is 0.111. The van der Waals surface area contributed by atoms with Crippen LogP contribution in [-0.4, -0.2) is 27.8 Å². The fourth-order valence-corrected chi connectivity index (χ4v) is 0.992. The average molecular weight is 212 g/mol. The first-order chi connectivity index (χ1) is 6.65. The minimum absolute atomic E-state index is 0.0768. The summed E-state index contributed by atoms with van der Waals surface area (Å²) in [4.78, 5) is 14.3. The van der Waals surface area contributed by atoms with Gasteiger partial charge in [0.1, 0.15) is 11.8 Å². The van der Waals surface area contributed by atoms with Crippen LogP contribution in [0.15, 0.2) is 12.3 Å². The number of aromatic carboxylic acids is 1. The monoisotopic (exact) mass is 211 g/mol. The molecule has 72 valence electrons. The first-order valence-electron chi connectivity index (χ1n) is 3.63. The van der Waals surface area contributed by atoms with Gasteiger partial charge in [-0.2, -0.15) is 0 Å². The molecule has 0 radical (unpaired) electrons. The summed E-state index contributed by atoms with van der Waals surface area (Å²) in [5, 5.41) is 17.0. The zero-order valence-corrected chi connectivity index (χ0v) is 7.75. The van der Waals surface area contributed by atoms with E-state index in [0.29, 0.717) is 5.56 Å². The molecule has 1 rings (SSSR count). The molecule has 0 amide bonds. The molecule has 0 aliphatic heterocycles. The summed E-state index contributed by atoms with van der Waals surface area (Å²) < 4.78 is 0. The molecule has 0 saturated carbocycles. The van der Waals surface area contributed by atoms with Gasteiger partial charge in [0.15, 0.2) is 0 Å². The maximum atomic E-state index is 10.6. The molecule has 0 aromatic carbocycles. The summed E-state index contributed by atoms with van der Waals surface area (Å²) in [5.74, 6) is 3.75. The number of nitrogens with zero attached hydrogens (tertiary/aromatic N) is 1. The van der Waals surface area contributed by atoms with E-state index in [1.807, 2.05) is 0 Å². The first kappa shape index (κ1) is 10.5. The minimum atomic E-state index is -1.16. The van der Waals surface area contributed by atoms with Crippen LogP contribution in [0.2, 0.25) is 5.15 Å². The lowest BCUT2D eigenvalue weighted by molar-refractivity contribution is 0.0696. The molecule has 0 unspecified atom stereocenters. The van der Waals surface area contributed by atoms with Gasteiger partial charge in [0.05, 0.1) is 5.56 Å². The van der Waals surface area contributed by atoms with Gasteiger partial charge in [0.25, 0.3) is 0 Å². The van der Waals surface area contributed by atoms with Crippen molar-refractivity contribution in [1.29, 1.82) is 0 Å². The Bertz CT molecular complexity index is 420. The molecule has 0 spiro atoms. The Balaban J connectivity index is 3.13. The number of hydrogen-bond donors (Lipinski definition) is 2. The second kappa shape index (κ2) is 4.61. The van der Waals surface area contributed by atoms with Gasteiger partial charge in [-0.15, -0.1) is 0 Å². The van der Waals surface area contributed by atoms with Crippen molar-refractivity contribution in [2.75, 3.05) is 6.61 Å². The van der Waals surface area contributed by atoms with Crippen molar-refractivity contribution in [3.05, 3.63) is 28.5 Å². The van der Waals surface area contributed by atoms with Crippen LogP contribution < -0.4 is 0 Å². The van der Waals surface area contributed by atoms with Crippen molar-refractivity contribution >= 4 is 17.6 Å². The summed E-state index contributed by atoms with van der Waals surface area (Å²) in [6.45, 7) is -0.287. The third-order valence-corrected chi connectivity index (χ3v) is 1.68. The van der Waals surface area contributed by atoms with Crippen LogP contribution in [0.1, 0.15) is 15.9 Å². The van der Waals surface area contributed by atoms with Crippen molar-refractivity contribution in [3.63, 3.8) is 0 Å². The maximum absolute atomic E-state index is 10.6. The number of carboxylic acid groups (broad SMARTS) is 1. The summed E-state index contributed by atoms with van der Waals surface area (Å²) in [5.41, 5.74) is 0.303. The van der Waals surface area contributed by atoms with E-state index in [1.165, 1.54) is 12.3 Å². The van der Waals surface area contributed by atoms with Crippen molar-refractivity contribution in [3.8, 4) is 11.8 Å². The molecule has 0 aliphatic rings. The molecule has 0 bridgehead atoms. The van der Waals surface area contributed by atoms with Gasteiger partial charge in [0.2, 0.25) is 0 Å². The van der Waals surface area contributed by atoms with Crippen LogP contribution in [0.5, 0.6) is 0 Å². The van der Waals surface area contributed by atoms with Crippen LogP contribution in [0.4, 0.5) is 0 Å². The average Bonchev–Trinajstić information content (AvgIpc) is 2.16. The van der Waals surface area contributed by atoms with Crippen molar-refractivity contribution < 1.29 is 15.0 Å². The molecular weight excluding hydrogens is 206 g/mol. The number of aromatic nitrogens is 1. The van der Waals surface area contributed by atoms with E-state index >= 15 is 0 Å². The quantitative estimate of drug-likeness (QED) is 0.532. The highest BCUT2D eigenvalue weighted by atomic mass is 35.5. The van der Waals surface area contributed by atoms with E-state index in [2.05, 4.69) is 16.8 Å². The third-order valence-electron chi connectivity index (χ3n) is 1.38. The Kier molecular flexibility index (Phi) is 3.46. The zero-order chi connectivity index (χ0) is 10.6. The number of aliphatic hydroxyl groups excluding tert-OH is 1. The number of pyridine rings is 1. The predicted octanol–water partition coefficient (Wildman–Crippen LogP) is 0.777. The lowest BCUT2D eigenvalue weighted by Gasteiger charge is -1.97. The van der Waals surface area contributed by atoms with Crippen LogP contribution >= 0.6 is 11.6 Å². The van der Waals surface area contributed by atoms with Gasteiger partial charge >= 0.3 is 5.97 Å². The van der Waals surface area contributed by atoms with E-state index in [-0.39, 0.29) is 17.3 Å². The van der Waals surface area contributed by atoms with Crippen molar-refractivity contribution in [1.82, 2.24) is 4.98 Å². The number of carboxylic acids is 1. The smallest absolute Gasteiger partial charge is 0.338 e. The van der Waals surface area contributed by atoms with E-state index in [1.54, 1.807) is 0 Å². The van der Waals surface area contributed by atoms with E-state index < -0.39 is 5.97 Å². The second-order valence-corrected chi connectivity index (χ2v) is 2.69. The fourth-order valence-electron chi connectivity index (χ4n) is 0.808. The number of aliphatic hydroxyl groups is 1. The predicted molar refractivity (Wildman–Crippen MR) is 50.2 cm³/mol. The van der Waals surface area contributed by atoms with E-state index in [9.17, 15) is 4.79 Å². The Labute approximate surface area is 85.2 Å². The van der Waals surface area contributed by atoms with Crippen LogP contribution in [-0.2, 0) is 0 Å². The summed E-state index contributed by atoms with van der Waals surface area (Å²) in [7, 11) is 0. The van der Waals surface area contributed by atoms with Crippen molar-refractivity contribution in [2.45, 2.75) is 0 Å². The van der Waals surface area contributed by atoms with E-state index in [4.69, 9.17) is 21.8 Å². The Morgan fingerprint density at radius 3 is 2.93 bits per heavy atom. The summed E-state index contributed by atoms with van der Waals surface area (Å²) in [6, 6.07) is 1.31. The molecule has 1 aromatic rings. The van der Waals surface area contributed by atoms with Gasteiger partial charge in [-0.05, 0) is 6.07 Å². The maximum Gasteiger partial charge on any atom is 0.338 e. The molecule has 0 aliphatic carbocycles. The lowest BCUT2D eigenvalue weighted by Crippen LogP contribution is -1.99. The first-order valence-corrected chi connectivity index (χ1v) is 4.01. The van der Waals surface area contributed by atoms with Gasteiger partial charge in [-0.3, -0.25) is 0 Å². The number of rotatable bonds is 1. The zero-order valence-electron chi connectivity index (χ0n) is 6.99. The Morgan fingerprint density at radius 2 is 2.36 bits per heavy atom. The summed E-state index contributed by atoms with van der Waals surface area (Å²) >= 11 is 5.54. The third kappa shape index (κ3) is 2.46. The number of carbonyl (C=O) groups is 1. The largest absolute Gasteiger partial charge is 0.478 e. The lowest BCUT2D eigenvalue weighted by atomic mass is 10.2. The highest BCUT2D eigenvalue weighted by molar-refractivity contribution is 6.32. The SMILES string of the molecule is O=C(O)c1cc(C#CCO)cnc1Cl. The molecule has 0 atom stereocenters. The van der Waals surface area contributed by atoms with Crippen LogP contribution in [0.25, 0.3) is 0 Å². The molecule has 4 nitrogen and oxygen atoms in total. The van der Waals surface area contributed by atoms with Crippen LogP contribution in [0.3, 0.4) is 0 Å². The normalized spacial score (nSPS) is 9.00. The van der Waals surface area contributed by atoms with Crippen molar-refractivity contribution in [2.24, 2.45) is 0 Å². The van der Waals surface area contributed by atoms with Gasteiger partial charge in [0, 0.05) is 11.8 Å². The molecule has 2 N–H and O–H groups in total. The Morgan fingerprint density at radius 1 is 1.64 bits per heavy atom. The van der Waals surface area contributed by atoms with Gasteiger partial charge in [-0.25, -0.2) is 9.78 Å². The molecule has 1 aromatic heterocycles. The highest BCUT2D eigenvalue weighted by Crippen LogP contribution is 2.13. The highest BCUT2D eigenvalue weighted by Gasteiger charge is 2.09.